The van der Waals surface area contributed by atoms with Gasteiger partial charge in [-0.15, -0.1) is 11.3 Å². The van der Waals surface area contributed by atoms with Crippen molar-refractivity contribution >= 4 is 17.1 Å². The van der Waals surface area contributed by atoms with Crippen molar-refractivity contribution in [2.45, 2.75) is 12.6 Å². The summed E-state index contributed by atoms with van der Waals surface area (Å²) in [5.74, 6) is 0.288. The number of hydrogen-bond donors (Lipinski definition) is 1. The molecule has 2 aromatic rings. The molecule has 0 aromatic carbocycles. The normalized spacial score (nSPS) is 12.6. The maximum absolute atomic E-state index is 12.7. The molecule has 21 heavy (non-hydrogen) atoms. The van der Waals surface area contributed by atoms with Crippen molar-refractivity contribution in [1.82, 2.24) is 14.7 Å². The molecule has 2 aromatic heterocycles. The average Bonchev–Trinajstić information content (AvgIpc) is 3.12. The highest BCUT2D eigenvalue weighted by atomic mass is 32.1. The number of ketones is 1. The molecule has 0 spiro atoms. The Morgan fingerprint density at radius 2 is 2.33 bits per heavy atom. The average molecular weight is 308 g/mol. The lowest BCUT2D eigenvalue weighted by molar-refractivity contribution is 0.0948. The Hall–Kier alpha value is -1.70. The first-order valence-corrected chi connectivity index (χ1v) is 7.50. The van der Waals surface area contributed by atoms with Crippen LogP contribution in [0.4, 0.5) is 0 Å². The van der Waals surface area contributed by atoms with Gasteiger partial charge in [0.1, 0.15) is 11.7 Å². The van der Waals surface area contributed by atoms with E-state index in [0.717, 1.165) is 11.4 Å². The third kappa shape index (κ3) is 3.49. The number of aromatic nitrogens is 2. The number of carbonyl (C=O) groups is 1. The van der Waals surface area contributed by atoms with Crippen LogP contribution in [0.5, 0.6) is 5.75 Å². The van der Waals surface area contributed by atoms with Gasteiger partial charge in [0, 0.05) is 11.4 Å². The Labute approximate surface area is 128 Å². The van der Waals surface area contributed by atoms with E-state index < -0.39 is 6.04 Å². The second kappa shape index (κ2) is 6.84. The molecule has 0 radical (unpaired) electrons. The van der Waals surface area contributed by atoms with Crippen LogP contribution in [-0.2, 0) is 6.54 Å². The molecule has 2 rings (SSSR count). The van der Waals surface area contributed by atoms with E-state index in [1.807, 2.05) is 36.5 Å². The van der Waals surface area contributed by atoms with Gasteiger partial charge in [-0.05, 0) is 25.5 Å². The van der Waals surface area contributed by atoms with Crippen LogP contribution in [0, 0.1) is 0 Å². The van der Waals surface area contributed by atoms with Gasteiger partial charge in [-0.2, -0.15) is 5.10 Å². The van der Waals surface area contributed by atoms with Crippen molar-refractivity contribution in [2.24, 2.45) is 5.73 Å². The molecule has 2 heterocycles. The number of likely N-dealkylation sites (N-methyl/N-ethyl adjacent to an activating group) is 1. The van der Waals surface area contributed by atoms with Crippen LogP contribution in [0.25, 0.3) is 0 Å². The predicted molar refractivity (Wildman–Crippen MR) is 82.9 cm³/mol. The molecular weight excluding hydrogens is 288 g/mol. The summed E-state index contributed by atoms with van der Waals surface area (Å²) in [7, 11) is 5.47. The van der Waals surface area contributed by atoms with Crippen molar-refractivity contribution in [2.75, 3.05) is 27.7 Å². The van der Waals surface area contributed by atoms with Gasteiger partial charge in [-0.25, -0.2) is 0 Å². The molecule has 0 saturated carbocycles. The van der Waals surface area contributed by atoms with Gasteiger partial charge >= 0.3 is 0 Å². The molecule has 7 heteroatoms. The largest absolute Gasteiger partial charge is 0.493 e. The van der Waals surface area contributed by atoms with E-state index in [-0.39, 0.29) is 5.78 Å². The zero-order valence-electron chi connectivity index (χ0n) is 12.4. The fourth-order valence-corrected chi connectivity index (χ4v) is 2.70. The summed E-state index contributed by atoms with van der Waals surface area (Å²) in [6.45, 7) is 1.38. The van der Waals surface area contributed by atoms with Gasteiger partial charge in [0.25, 0.3) is 0 Å². The molecule has 0 aliphatic heterocycles. The van der Waals surface area contributed by atoms with Crippen molar-refractivity contribution in [3.63, 3.8) is 0 Å². The number of Topliss-reactive ketones (excluding diaryl/α,β-unsaturated/α-hetero) is 1. The Morgan fingerprint density at radius 3 is 2.90 bits per heavy atom. The first kappa shape index (κ1) is 15.7. The molecule has 0 fully saturated rings. The second-order valence-electron chi connectivity index (χ2n) is 4.95. The highest BCUT2D eigenvalue weighted by Gasteiger charge is 2.26. The van der Waals surface area contributed by atoms with Crippen LogP contribution in [0.3, 0.4) is 0 Å². The molecule has 1 unspecified atom stereocenters. The molecular formula is C14H20N4O2S. The van der Waals surface area contributed by atoms with E-state index in [9.17, 15) is 4.79 Å². The molecule has 0 bridgehead atoms. The van der Waals surface area contributed by atoms with Crippen LogP contribution in [0.1, 0.15) is 21.4 Å². The van der Waals surface area contributed by atoms with Crippen LogP contribution in [-0.4, -0.2) is 48.2 Å². The molecule has 0 saturated heterocycles. The summed E-state index contributed by atoms with van der Waals surface area (Å²) in [5.41, 5.74) is 6.51. The topological polar surface area (TPSA) is 73.4 Å². The lowest BCUT2D eigenvalue weighted by atomic mass is 10.1. The zero-order chi connectivity index (χ0) is 15.4. The summed E-state index contributed by atoms with van der Waals surface area (Å²) in [4.78, 5) is 15.5. The molecule has 1 atom stereocenters. The van der Waals surface area contributed by atoms with Crippen LogP contribution in [0.2, 0.25) is 0 Å². The predicted octanol–water partition coefficient (Wildman–Crippen LogP) is 1.40. The van der Waals surface area contributed by atoms with Crippen LogP contribution >= 0.6 is 11.3 Å². The summed E-state index contributed by atoms with van der Waals surface area (Å²) in [6, 6.07) is 3.06. The highest BCUT2D eigenvalue weighted by molar-refractivity contribution is 7.10. The second-order valence-corrected chi connectivity index (χ2v) is 5.92. The van der Waals surface area contributed by atoms with Gasteiger partial charge in [0.15, 0.2) is 5.75 Å². The van der Waals surface area contributed by atoms with E-state index in [4.69, 9.17) is 10.5 Å². The maximum Gasteiger partial charge on any atom is 0.206 e. The zero-order valence-corrected chi connectivity index (χ0v) is 13.3. The molecule has 2 N–H and O–H groups in total. The number of ether oxygens (including phenoxy) is 1. The SMILES string of the molecule is COc1cnn(CCN(C)C)c1C(=O)C(N)c1cccs1. The number of thiophene rings is 1. The van der Waals surface area contributed by atoms with Gasteiger partial charge in [-0.3, -0.25) is 9.48 Å². The van der Waals surface area contributed by atoms with E-state index >= 15 is 0 Å². The number of rotatable bonds is 7. The van der Waals surface area contributed by atoms with E-state index in [1.54, 1.807) is 10.9 Å². The Bertz CT molecular complexity index is 592. The van der Waals surface area contributed by atoms with Gasteiger partial charge in [0.05, 0.1) is 19.9 Å². The standard InChI is InChI=1S/C14H20N4O2S/c1-17(2)6-7-18-13(10(20-3)9-16-18)14(19)12(15)11-5-4-8-21-11/h4-5,8-9,12H,6-7,15H2,1-3H3. The minimum absolute atomic E-state index is 0.175. The molecule has 6 nitrogen and oxygen atoms in total. The van der Waals surface area contributed by atoms with Crippen molar-refractivity contribution in [3.05, 3.63) is 34.3 Å². The smallest absolute Gasteiger partial charge is 0.206 e. The first-order chi connectivity index (χ1) is 10.0. The van der Waals surface area contributed by atoms with Crippen molar-refractivity contribution in [3.8, 4) is 5.75 Å². The molecule has 0 aliphatic carbocycles. The van der Waals surface area contributed by atoms with Gasteiger partial charge in [0.2, 0.25) is 5.78 Å². The van der Waals surface area contributed by atoms with Crippen molar-refractivity contribution < 1.29 is 9.53 Å². The number of nitrogens with zero attached hydrogens (tertiary/aromatic N) is 3. The Morgan fingerprint density at radius 1 is 1.57 bits per heavy atom. The molecule has 0 aliphatic rings. The lowest BCUT2D eigenvalue weighted by Crippen LogP contribution is -2.26. The lowest BCUT2D eigenvalue weighted by Gasteiger charge is -2.14. The molecule has 114 valence electrons. The molecule has 0 amide bonds. The fraction of sp³-hybridized carbons (Fsp3) is 0.429. The minimum atomic E-state index is -0.686. The monoisotopic (exact) mass is 308 g/mol. The summed E-state index contributed by atoms with van der Waals surface area (Å²) >= 11 is 1.47. The summed E-state index contributed by atoms with van der Waals surface area (Å²) in [6.07, 6.45) is 1.56. The highest BCUT2D eigenvalue weighted by Crippen LogP contribution is 2.26. The third-order valence-corrected chi connectivity index (χ3v) is 4.11. The Kier molecular flexibility index (Phi) is 5.11. The number of nitrogens with two attached hydrogens (primary N) is 1. The number of methoxy groups -OCH3 is 1. The van der Waals surface area contributed by atoms with Crippen LogP contribution in [0.15, 0.2) is 23.7 Å². The summed E-state index contributed by atoms with van der Waals surface area (Å²) < 4.78 is 6.91. The van der Waals surface area contributed by atoms with Gasteiger partial charge < -0.3 is 15.4 Å². The Balaban J connectivity index is 2.28. The van der Waals surface area contributed by atoms with Crippen molar-refractivity contribution in [1.29, 1.82) is 0 Å². The maximum atomic E-state index is 12.7. The third-order valence-electron chi connectivity index (χ3n) is 3.15. The first-order valence-electron chi connectivity index (χ1n) is 6.62. The van der Waals surface area contributed by atoms with Gasteiger partial charge in [-0.1, -0.05) is 6.07 Å². The quantitative estimate of drug-likeness (QED) is 0.783. The number of carbonyl (C=O) groups excluding carboxylic acids is 1. The van der Waals surface area contributed by atoms with Crippen LogP contribution < -0.4 is 10.5 Å². The fourth-order valence-electron chi connectivity index (χ4n) is 1.98. The van der Waals surface area contributed by atoms with E-state index in [0.29, 0.717) is 18.0 Å². The minimum Gasteiger partial charge on any atom is -0.493 e. The summed E-state index contributed by atoms with van der Waals surface area (Å²) in [5, 5.41) is 6.14. The van der Waals surface area contributed by atoms with E-state index in [2.05, 4.69) is 5.10 Å². The van der Waals surface area contributed by atoms with E-state index in [1.165, 1.54) is 18.4 Å². The number of hydrogen-bond acceptors (Lipinski definition) is 6.